The molecule has 3 aliphatic rings. The third-order valence-corrected chi connectivity index (χ3v) is 14.3. The third kappa shape index (κ3) is 16.6. The number of Topliss-reactive ketones (excluding diaryl/α,β-unsaturated/α-hetero) is 1. The van der Waals surface area contributed by atoms with E-state index in [0.29, 0.717) is 104 Å². The molecule has 3 saturated heterocycles. The molecule has 0 bridgehead atoms. The van der Waals surface area contributed by atoms with E-state index < -0.39 is 29.3 Å². The number of carbonyl (C=O) groups excluding carboxylic acids is 3. The second-order valence-electron chi connectivity index (χ2n) is 19.0. The van der Waals surface area contributed by atoms with Crippen LogP contribution in [0, 0.1) is 21.0 Å². The zero-order chi connectivity index (χ0) is 54.1. The first-order chi connectivity index (χ1) is 37.4. The maximum Gasteiger partial charge on any atom is 0.323 e. The quantitative estimate of drug-likeness (QED) is 0.0372. The van der Waals surface area contributed by atoms with Gasteiger partial charge in [0.05, 0.1) is 59.5 Å². The number of anilines is 4. The van der Waals surface area contributed by atoms with Crippen molar-refractivity contribution >= 4 is 63.6 Å². The Morgan fingerprint density at radius 1 is 0.675 bits per heavy atom. The summed E-state index contributed by atoms with van der Waals surface area (Å²) in [5.74, 6) is -1.71. The fourth-order valence-corrected chi connectivity index (χ4v) is 9.59. The number of nitrogens with one attached hydrogen (secondary N) is 2. The van der Waals surface area contributed by atoms with Crippen LogP contribution in [-0.4, -0.2) is 192 Å². The lowest BCUT2D eigenvalue weighted by Crippen LogP contribution is -2.48. The molecule has 4 heterocycles. The fraction of sp³-hybridized carbons (Fsp3) is 0.455. The number of piperidine rings is 1. The number of rotatable bonds is 24. The molecule has 3 amide bonds. The molecule has 0 saturated carbocycles. The number of amides is 3. The number of urea groups is 1. The highest BCUT2D eigenvalue weighted by molar-refractivity contribution is 14.1. The van der Waals surface area contributed by atoms with Crippen LogP contribution in [0.1, 0.15) is 44.7 Å². The Balaban J connectivity index is 0.710. The predicted molar refractivity (Wildman–Crippen MR) is 295 cm³/mol. The number of morpholine rings is 1. The van der Waals surface area contributed by atoms with Gasteiger partial charge in [0.1, 0.15) is 12.4 Å². The van der Waals surface area contributed by atoms with Crippen molar-refractivity contribution in [2.24, 2.45) is 0 Å². The van der Waals surface area contributed by atoms with Crippen LogP contribution in [0.25, 0.3) is 11.4 Å². The molecule has 3 aliphatic heterocycles. The van der Waals surface area contributed by atoms with Gasteiger partial charge in [-0.3, -0.25) is 14.5 Å². The molecule has 0 radical (unpaired) electrons. The topological polar surface area (TPSA) is 176 Å². The van der Waals surface area contributed by atoms with Gasteiger partial charge < -0.3 is 53.9 Å². The van der Waals surface area contributed by atoms with Crippen LogP contribution in [0.4, 0.5) is 41.2 Å². The second-order valence-corrected chi connectivity index (χ2v) is 20.3. The Labute approximate surface area is 460 Å². The molecule has 1 aromatic heterocycles. The lowest BCUT2D eigenvalue weighted by atomic mass is 9.96. The van der Waals surface area contributed by atoms with Crippen molar-refractivity contribution in [2.45, 2.75) is 25.3 Å². The van der Waals surface area contributed by atoms with Gasteiger partial charge in [-0.1, -0.05) is 6.07 Å². The molecule has 22 heteroatoms. The first-order valence-corrected chi connectivity index (χ1v) is 27.0. The summed E-state index contributed by atoms with van der Waals surface area (Å²) in [5.41, 5.74) is 2.39. The summed E-state index contributed by atoms with van der Waals surface area (Å²) in [6.45, 7) is 9.64. The maximum absolute atomic E-state index is 14.8. The number of carbonyl (C=O) groups is 3. The van der Waals surface area contributed by atoms with Crippen molar-refractivity contribution in [1.82, 2.24) is 29.7 Å². The van der Waals surface area contributed by atoms with E-state index in [-0.39, 0.29) is 48.8 Å². The molecule has 412 valence electrons. The highest BCUT2D eigenvalue weighted by atomic mass is 127. The minimum Gasteiger partial charge on any atom is -0.378 e. The molecule has 0 aliphatic carbocycles. The average molecular weight is 1180 g/mol. The van der Waals surface area contributed by atoms with E-state index in [1.165, 1.54) is 18.2 Å². The Kier molecular flexibility index (Phi) is 21.3. The minimum absolute atomic E-state index is 0.000188. The first kappa shape index (κ1) is 57.3. The molecule has 5 aromatic rings. The van der Waals surface area contributed by atoms with Crippen molar-refractivity contribution in [3.05, 3.63) is 122 Å². The largest absolute Gasteiger partial charge is 0.378 e. The number of likely N-dealkylation sites (tertiary alicyclic amines) is 1. The first-order valence-electron chi connectivity index (χ1n) is 25.9. The van der Waals surface area contributed by atoms with E-state index >= 15 is 0 Å². The van der Waals surface area contributed by atoms with Crippen LogP contribution < -0.4 is 20.4 Å². The lowest BCUT2D eigenvalue weighted by Gasteiger charge is -2.35. The van der Waals surface area contributed by atoms with E-state index in [1.807, 2.05) is 51.8 Å². The second kappa shape index (κ2) is 28.7. The van der Waals surface area contributed by atoms with Crippen LogP contribution >= 0.6 is 22.6 Å². The number of piperazine rings is 1. The van der Waals surface area contributed by atoms with Crippen LogP contribution in [0.15, 0.2) is 78.9 Å². The van der Waals surface area contributed by atoms with Crippen molar-refractivity contribution < 1.29 is 51.2 Å². The van der Waals surface area contributed by atoms with Gasteiger partial charge in [0.15, 0.2) is 23.2 Å². The van der Waals surface area contributed by atoms with Gasteiger partial charge in [-0.2, -0.15) is 15.0 Å². The highest BCUT2D eigenvalue weighted by Gasteiger charge is 2.26. The van der Waals surface area contributed by atoms with E-state index in [1.54, 1.807) is 30.3 Å². The van der Waals surface area contributed by atoms with Crippen LogP contribution in [0.2, 0.25) is 0 Å². The monoisotopic (exact) mass is 1180 g/mol. The lowest BCUT2D eigenvalue weighted by molar-refractivity contribution is -0.00288. The van der Waals surface area contributed by atoms with Crippen molar-refractivity contribution in [3.63, 3.8) is 0 Å². The number of hydrogen-bond acceptors (Lipinski definition) is 15. The van der Waals surface area contributed by atoms with E-state index in [2.05, 4.69) is 44.3 Å². The van der Waals surface area contributed by atoms with Gasteiger partial charge in [0.2, 0.25) is 11.9 Å². The third-order valence-electron chi connectivity index (χ3n) is 13.6. The molecular formula is C55H66F3IN10O8. The molecule has 8 rings (SSSR count). The smallest absolute Gasteiger partial charge is 0.323 e. The molecule has 0 unspecified atom stereocenters. The summed E-state index contributed by atoms with van der Waals surface area (Å²) in [6, 6.07) is 20.9. The Morgan fingerprint density at radius 3 is 1.87 bits per heavy atom. The summed E-state index contributed by atoms with van der Waals surface area (Å²) in [4.78, 5) is 64.5. The highest BCUT2D eigenvalue weighted by Crippen LogP contribution is 2.27. The summed E-state index contributed by atoms with van der Waals surface area (Å²) in [6.07, 6.45) is 1.61. The summed E-state index contributed by atoms with van der Waals surface area (Å²) >= 11 is 1.95. The van der Waals surface area contributed by atoms with Gasteiger partial charge in [-0.15, -0.1) is 0 Å². The number of ether oxygens (including phenoxy) is 5. The van der Waals surface area contributed by atoms with Gasteiger partial charge >= 0.3 is 6.03 Å². The minimum atomic E-state index is -1.19. The molecule has 4 aromatic carbocycles. The summed E-state index contributed by atoms with van der Waals surface area (Å²) < 4.78 is 72.1. The normalized spacial score (nSPS) is 15.5. The Bertz CT molecular complexity index is 2740. The van der Waals surface area contributed by atoms with E-state index in [0.717, 1.165) is 70.3 Å². The predicted octanol–water partition coefficient (Wildman–Crippen LogP) is 6.87. The van der Waals surface area contributed by atoms with Gasteiger partial charge in [-0.05, 0) is 128 Å². The number of ketones is 1. The van der Waals surface area contributed by atoms with Gasteiger partial charge in [0, 0.05) is 109 Å². The van der Waals surface area contributed by atoms with Crippen molar-refractivity contribution in [1.29, 1.82) is 0 Å². The SMILES string of the molecule is CN(C)C1CCN(C(=O)c2ccc(NC(=O)Nc3ccc(-c4nc(N5CCOCC5)nc(N5CCN(CCOCCOCCOCCOCC(=O)c6ccc(F)c(F)c6Cc6ccc(I)cc6F)CC5)n4)cc3)cc2)CC1. The van der Waals surface area contributed by atoms with Gasteiger partial charge in [-0.25, -0.2) is 18.0 Å². The average Bonchev–Trinajstić information content (AvgIpc) is 3.45. The molecule has 0 atom stereocenters. The standard InChI is InChI=1S/C55H66F3IN10O8/c1-65(2)44-15-17-67(18-16-44)52(71)39-6-11-43(12-7-39)61-55(72)60-42-9-4-38(5-10-42)51-62-53(64-54(63-51)69-24-27-73-28-25-69)68-21-19-66(20-22-68)23-26-74-29-30-75-31-32-76-33-34-77-37-49(70)45-13-14-47(56)50(58)46(45)35-40-3-8-41(59)36-48(40)57/h3-14,36,44H,15-35,37H2,1-2H3,(H2,60,61,72). The molecule has 3 fully saturated rings. The molecular weight excluding hydrogens is 1110 g/mol. The Morgan fingerprint density at radius 2 is 1.26 bits per heavy atom. The molecule has 18 nitrogen and oxygen atoms in total. The maximum atomic E-state index is 14.8. The number of hydrogen-bond donors (Lipinski definition) is 2. The van der Waals surface area contributed by atoms with Crippen molar-refractivity contribution in [3.8, 4) is 11.4 Å². The molecule has 77 heavy (non-hydrogen) atoms. The number of halogens is 4. The summed E-state index contributed by atoms with van der Waals surface area (Å²) in [7, 11) is 4.15. The number of aromatic nitrogens is 3. The zero-order valence-electron chi connectivity index (χ0n) is 43.5. The number of benzene rings is 4. The van der Waals surface area contributed by atoms with Crippen LogP contribution in [-0.2, 0) is 30.1 Å². The van der Waals surface area contributed by atoms with Crippen molar-refractivity contribution in [2.75, 3.05) is 160 Å². The van der Waals surface area contributed by atoms with Gasteiger partial charge in [0.25, 0.3) is 5.91 Å². The summed E-state index contributed by atoms with van der Waals surface area (Å²) in [5, 5.41) is 5.74. The van der Waals surface area contributed by atoms with Crippen LogP contribution in [0.5, 0.6) is 0 Å². The Hall–Kier alpha value is -5.86. The molecule has 2 N–H and O–H groups in total. The molecule has 0 spiro atoms. The zero-order valence-corrected chi connectivity index (χ0v) is 45.7. The van der Waals surface area contributed by atoms with Crippen LogP contribution in [0.3, 0.4) is 0 Å². The van der Waals surface area contributed by atoms with E-state index in [4.69, 9.17) is 38.6 Å². The number of nitrogens with zero attached hydrogens (tertiary/aromatic N) is 8. The fourth-order valence-electron chi connectivity index (χ4n) is 9.14. The van der Waals surface area contributed by atoms with E-state index in [9.17, 15) is 27.6 Å².